The fraction of sp³-hybridized carbons (Fsp3) is 0.944. The molecule has 1 atom stereocenters. The second-order valence-corrected chi connectivity index (χ2v) is 10.5. The molecule has 2 nitrogen and oxygen atoms in total. The summed E-state index contributed by atoms with van der Waals surface area (Å²) in [6.07, 6.45) is 11.4. The van der Waals surface area contributed by atoms with Crippen molar-refractivity contribution in [3.05, 3.63) is 0 Å². The first-order valence-electron chi connectivity index (χ1n) is 9.19. The number of unbranched alkanes of at least 4 members (excludes halogenated alkanes) is 5. The van der Waals surface area contributed by atoms with Gasteiger partial charge in [0.2, 0.25) is 0 Å². The number of thiol groups is 1. The van der Waals surface area contributed by atoms with Crippen LogP contribution in [-0.2, 0) is 9.53 Å². The Kier molecular flexibility index (Phi) is 24.4. The Labute approximate surface area is 155 Å². The first kappa shape index (κ1) is 24.9. The van der Waals surface area contributed by atoms with E-state index in [4.69, 9.17) is 4.74 Å². The molecule has 0 saturated heterocycles. The van der Waals surface area contributed by atoms with Crippen LogP contribution in [-0.4, -0.2) is 39.0 Å². The molecule has 0 aromatic rings. The van der Waals surface area contributed by atoms with Gasteiger partial charge in [0.1, 0.15) is 0 Å². The SMILES string of the molecule is CCCCCCC(S)C(=O)OCC.CCC[CH2][Sn][CH2]CCC. The van der Waals surface area contributed by atoms with E-state index in [0.717, 1.165) is 12.8 Å². The quantitative estimate of drug-likeness (QED) is 0.167. The second-order valence-electron chi connectivity index (χ2n) is 5.57. The molecule has 0 saturated carbocycles. The molecular weight excluding hydrogens is 399 g/mol. The summed E-state index contributed by atoms with van der Waals surface area (Å²) in [5.74, 6) is -0.178. The fourth-order valence-corrected chi connectivity index (χ4v) is 6.27. The van der Waals surface area contributed by atoms with Crippen molar-refractivity contribution in [3.63, 3.8) is 0 Å². The summed E-state index contributed by atoms with van der Waals surface area (Å²) in [6, 6.07) is 0. The minimum absolute atomic E-state index is 0.149. The third-order valence-corrected chi connectivity index (χ3v) is 7.81. The van der Waals surface area contributed by atoms with Crippen LogP contribution in [0.2, 0.25) is 8.87 Å². The van der Waals surface area contributed by atoms with Gasteiger partial charge in [-0.15, -0.1) is 0 Å². The number of carbonyl (C=O) groups excluding carboxylic acids is 1. The Morgan fingerprint density at radius 2 is 1.45 bits per heavy atom. The predicted octanol–water partition coefficient (Wildman–Crippen LogP) is 5.95. The second kappa shape index (κ2) is 21.6. The zero-order valence-corrected chi connectivity index (χ0v) is 19.1. The summed E-state index contributed by atoms with van der Waals surface area (Å²) in [4.78, 5) is 11.1. The molecular formula is C18H38O2SSn. The van der Waals surface area contributed by atoms with Crippen LogP contribution in [0.25, 0.3) is 0 Å². The summed E-state index contributed by atoms with van der Waals surface area (Å²) in [5, 5.41) is -0.225. The van der Waals surface area contributed by atoms with Gasteiger partial charge in [-0.25, -0.2) is 0 Å². The van der Waals surface area contributed by atoms with E-state index >= 15 is 0 Å². The van der Waals surface area contributed by atoms with Crippen LogP contribution in [0.5, 0.6) is 0 Å². The normalized spacial score (nSPS) is 11.5. The molecule has 22 heavy (non-hydrogen) atoms. The van der Waals surface area contributed by atoms with E-state index in [0.29, 0.717) is 6.61 Å². The molecule has 0 aromatic carbocycles. The van der Waals surface area contributed by atoms with Crippen molar-refractivity contribution >= 4 is 39.7 Å². The number of esters is 1. The van der Waals surface area contributed by atoms with E-state index in [9.17, 15) is 4.79 Å². The average Bonchev–Trinajstić information content (AvgIpc) is 2.52. The topological polar surface area (TPSA) is 26.3 Å². The summed E-state index contributed by atoms with van der Waals surface area (Å²) in [7, 11) is 0. The molecule has 0 aliphatic heterocycles. The van der Waals surface area contributed by atoms with Crippen LogP contribution in [0.1, 0.15) is 85.5 Å². The van der Waals surface area contributed by atoms with Gasteiger partial charge in [0.25, 0.3) is 0 Å². The molecule has 0 amide bonds. The zero-order valence-electron chi connectivity index (χ0n) is 15.3. The molecule has 0 heterocycles. The van der Waals surface area contributed by atoms with Crippen molar-refractivity contribution in [2.45, 2.75) is 99.6 Å². The van der Waals surface area contributed by atoms with E-state index in [2.05, 4.69) is 33.4 Å². The molecule has 0 aliphatic carbocycles. The van der Waals surface area contributed by atoms with Crippen LogP contribution in [0.4, 0.5) is 0 Å². The molecule has 0 N–H and O–H groups in total. The molecule has 0 rings (SSSR count). The number of carbonyl (C=O) groups is 1. The van der Waals surface area contributed by atoms with Gasteiger partial charge in [0.15, 0.2) is 0 Å². The van der Waals surface area contributed by atoms with Crippen molar-refractivity contribution in [3.8, 4) is 0 Å². The minimum atomic E-state index is -0.225. The van der Waals surface area contributed by atoms with Gasteiger partial charge in [-0.2, -0.15) is 12.6 Å². The van der Waals surface area contributed by atoms with E-state index in [1.807, 2.05) is 6.92 Å². The Morgan fingerprint density at radius 1 is 0.909 bits per heavy atom. The van der Waals surface area contributed by atoms with Gasteiger partial charge < -0.3 is 4.74 Å². The van der Waals surface area contributed by atoms with Crippen molar-refractivity contribution in [2.75, 3.05) is 6.61 Å². The molecule has 1 unspecified atom stereocenters. The average molecular weight is 437 g/mol. The van der Waals surface area contributed by atoms with Crippen molar-refractivity contribution in [1.82, 2.24) is 0 Å². The third-order valence-electron chi connectivity index (χ3n) is 3.30. The van der Waals surface area contributed by atoms with Gasteiger partial charge in [-0.1, -0.05) is 32.6 Å². The summed E-state index contributed by atoms with van der Waals surface area (Å²) < 4.78 is 8.10. The Hall–Kier alpha value is 0.619. The Balaban J connectivity index is 0. The Morgan fingerprint density at radius 3 is 1.91 bits per heavy atom. The molecule has 2 radical (unpaired) electrons. The van der Waals surface area contributed by atoms with E-state index < -0.39 is 0 Å². The Bertz CT molecular complexity index is 219. The van der Waals surface area contributed by atoms with Crippen LogP contribution >= 0.6 is 12.6 Å². The summed E-state index contributed by atoms with van der Waals surface area (Å²) in [6.45, 7) is 9.02. The molecule has 0 bridgehead atoms. The van der Waals surface area contributed by atoms with Crippen molar-refractivity contribution in [2.24, 2.45) is 0 Å². The first-order valence-corrected chi connectivity index (χ1v) is 13.7. The number of hydrogen-bond acceptors (Lipinski definition) is 3. The van der Waals surface area contributed by atoms with Crippen molar-refractivity contribution in [1.29, 1.82) is 0 Å². The number of ether oxygens (including phenoxy) is 1. The maximum atomic E-state index is 11.1. The fourth-order valence-electron chi connectivity index (χ4n) is 1.85. The monoisotopic (exact) mass is 438 g/mol. The predicted molar refractivity (Wildman–Crippen MR) is 103 cm³/mol. The maximum absolute atomic E-state index is 11.1. The van der Waals surface area contributed by atoms with Crippen LogP contribution in [0, 0.1) is 0 Å². The number of hydrogen-bond donors (Lipinski definition) is 1. The van der Waals surface area contributed by atoms with Gasteiger partial charge in [0, 0.05) is 0 Å². The van der Waals surface area contributed by atoms with Crippen molar-refractivity contribution < 1.29 is 9.53 Å². The molecule has 0 fully saturated rings. The van der Waals surface area contributed by atoms with Gasteiger partial charge >= 0.3 is 75.5 Å². The summed E-state index contributed by atoms with van der Waals surface area (Å²) >= 11 is 4.34. The molecule has 4 heteroatoms. The first-order chi connectivity index (χ1) is 10.6. The molecule has 0 aliphatic rings. The van der Waals surface area contributed by atoms with E-state index in [1.165, 1.54) is 44.9 Å². The van der Waals surface area contributed by atoms with E-state index in [-0.39, 0.29) is 32.4 Å². The van der Waals surface area contributed by atoms with Crippen LogP contribution in [0.3, 0.4) is 0 Å². The van der Waals surface area contributed by atoms with Gasteiger partial charge in [-0.05, 0) is 13.3 Å². The number of rotatable bonds is 13. The van der Waals surface area contributed by atoms with Gasteiger partial charge in [0.05, 0.1) is 11.9 Å². The standard InChI is InChI=1S/C10H20O2S.2C4H9.Sn/c1-3-5-6-7-8-9(13)10(11)12-4-2;2*1-3-4-2;/h9,13H,3-8H2,1-2H3;2*1,3-4H2,2H3;. The zero-order chi connectivity index (χ0) is 17.1. The molecule has 0 aromatic heterocycles. The molecule has 0 spiro atoms. The van der Waals surface area contributed by atoms with Crippen LogP contribution < -0.4 is 0 Å². The third kappa shape index (κ3) is 20.6. The summed E-state index contributed by atoms with van der Waals surface area (Å²) in [5.41, 5.74) is 0. The van der Waals surface area contributed by atoms with E-state index in [1.54, 1.807) is 8.87 Å². The molecule has 132 valence electrons. The van der Waals surface area contributed by atoms with Gasteiger partial charge in [-0.3, -0.25) is 4.79 Å². The van der Waals surface area contributed by atoms with Crippen LogP contribution in [0.15, 0.2) is 0 Å².